The summed E-state index contributed by atoms with van der Waals surface area (Å²) in [7, 11) is -3.64. The Kier molecular flexibility index (Phi) is 4.43. The highest BCUT2D eigenvalue weighted by Crippen LogP contribution is 2.28. The zero-order valence-electron chi connectivity index (χ0n) is 12.6. The van der Waals surface area contributed by atoms with Crippen molar-refractivity contribution in [1.82, 2.24) is 8.87 Å². The van der Waals surface area contributed by atoms with Gasteiger partial charge in [-0.05, 0) is 38.7 Å². The highest BCUT2D eigenvalue weighted by molar-refractivity contribution is 7.89. The van der Waals surface area contributed by atoms with E-state index in [1.54, 1.807) is 6.92 Å². The van der Waals surface area contributed by atoms with Gasteiger partial charge >= 0.3 is 5.97 Å². The van der Waals surface area contributed by atoms with Crippen LogP contribution in [-0.4, -0.2) is 41.0 Å². The fourth-order valence-corrected chi connectivity index (χ4v) is 4.61. The second-order valence-electron chi connectivity index (χ2n) is 5.76. The van der Waals surface area contributed by atoms with Crippen LogP contribution in [-0.2, 0) is 16.6 Å². The fourth-order valence-electron chi connectivity index (χ4n) is 2.78. The third-order valence-corrected chi connectivity index (χ3v) is 6.04. The maximum absolute atomic E-state index is 12.8. The molecule has 1 aliphatic heterocycles. The van der Waals surface area contributed by atoms with Crippen molar-refractivity contribution in [1.29, 1.82) is 0 Å². The Morgan fingerprint density at radius 3 is 2.57 bits per heavy atom. The maximum atomic E-state index is 12.8. The van der Waals surface area contributed by atoms with Crippen LogP contribution in [0.2, 0.25) is 0 Å². The number of carboxylic acids is 1. The number of aromatic nitrogens is 1. The Labute approximate surface area is 125 Å². The van der Waals surface area contributed by atoms with Crippen LogP contribution in [0.5, 0.6) is 0 Å². The first-order valence-electron chi connectivity index (χ1n) is 7.22. The molecular weight excluding hydrogens is 292 g/mol. The van der Waals surface area contributed by atoms with E-state index in [1.165, 1.54) is 21.1 Å². The number of carboxylic acid groups (broad SMARTS) is 1. The summed E-state index contributed by atoms with van der Waals surface area (Å²) in [5.74, 6) is -0.790. The van der Waals surface area contributed by atoms with Gasteiger partial charge in [-0.3, -0.25) is 0 Å². The van der Waals surface area contributed by atoms with E-state index in [9.17, 15) is 13.2 Å². The predicted octanol–water partition coefficient (Wildman–Crippen LogP) is 2.02. The molecule has 0 spiro atoms. The molecule has 21 heavy (non-hydrogen) atoms. The summed E-state index contributed by atoms with van der Waals surface area (Å²) in [5, 5.41) is 9.15. The molecule has 1 N–H and O–H groups in total. The van der Waals surface area contributed by atoms with E-state index in [2.05, 4.69) is 0 Å². The summed E-state index contributed by atoms with van der Waals surface area (Å²) < 4.78 is 28.5. The average molecular weight is 314 g/mol. The molecular formula is C14H22N2O4S. The summed E-state index contributed by atoms with van der Waals surface area (Å²) in [6, 6.07) is 1.21. The molecule has 7 heteroatoms. The SMILES string of the molecule is CCn1cc(S(=O)(=O)N2CC(C)CCC2C)cc1C(=O)O. The van der Waals surface area contributed by atoms with Crippen molar-refractivity contribution in [2.24, 2.45) is 5.92 Å². The number of nitrogens with zero attached hydrogens (tertiary/aromatic N) is 2. The highest BCUT2D eigenvalue weighted by Gasteiger charge is 2.34. The van der Waals surface area contributed by atoms with Crippen molar-refractivity contribution >= 4 is 16.0 Å². The van der Waals surface area contributed by atoms with E-state index in [1.807, 2.05) is 13.8 Å². The van der Waals surface area contributed by atoms with Crippen molar-refractivity contribution in [2.75, 3.05) is 6.54 Å². The van der Waals surface area contributed by atoms with E-state index in [-0.39, 0.29) is 16.6 Å². The number of sulfonamides is 1. The zero-order valence-corrected chi connectivity index (χ0v) is 13.4. The van der Waals surface area contributed by atoms with Crippen molar-refractivity contribution in [3.05, 3.63) is 18.0 Å². The minimum atomic E-state index is -3.64. The van der Waals surface area contributed by atoms with Gasteiger partial charge in [0, 0.05) is 25.3 Å². The topological polar surface area (TPSA) is 79.6 Å². The molecule has 1 fully saturated rings. The first-order chi connectivity index (χ1) is 9.77. The van der Waals surface area contributed by atoms with Crippen LogP contribution in [0.1, 0.15) is 44.1 Å². The van der Waals surface area contributed by atoms with Crippen LogP contribution in [0, 0.1) is 5.92 Å². The summed E-state index contributed by atoms with van der Waals surface area (Å²) in [6.45, 7) is 6.63. The molecule has 1 saturated heterocycles. The predicted molar refractivity (Wildman–Crippen MR) is 78.8 cm³/mol. The van der Waals surface area contributed by atoms with Crippen LogP contribution in [0.3, 0.4) is 0 Å². The molecule has 0 aromatic carbocycles. The molecule has 0 saturated carbocycles. The normalized spacial score (nSPS) is 24.1. The van der Waals surface area contributed by atoms with Gasteiger partial charge in [-0.15, -0.1) is 0 Å². The number of carbonyl (C=O) groups is 1. The number of hydrogen-bond acceptors (Lipinski definition) is 3. The number of aromatic carboxylic acids is 1. The minimum Gasteiger partial charge on any atom is -0.477 e. The molecule has 0 aliphatic carbocycles. The monoisotopic (exact) mass is 314 g/mol. The number of hydrogen-bond donors (Lipinski definition) is 1. The number of piperidine rings is 1. The molecule has 6 nitrogen and oxygen atoms in total. The van der Waals surface area contributed by atoms with Crippen molar-refractivity contribution in [2.45, 2.75) is 51.1 Å². The van der Waals surface area contributed by atoms with Gasteiger partial charge in [-0.25, -0.2) is 13.2 Å². The lowest BCUT2D eigenvalue weighted by Crippen LogP contribution is -2.44. The third-order valence-electron chi connectivity index (χ3n) is 4.10. The maximum Gasteiger partial charge on any atom is 0.352 e. The van der Waals surface area contributed by atoms with Crippen LogP contribution in [0.15, 0.2) is 17.2 Å². The molecule has 1 aromatic heterocycles. The molecule has 1 aromatic rings. The third kappa shape index (κ3) is 2.98. The van der Waals surface area contributed by atoms with Gasteiger partial charge in [-0.2, -0.15) is 4.31 Å². The Bertz CT molecular complexity index is 635. The number of aryl methyl sites for hydroxylation is 1. The van der Waals surface area contributed by atoms with Crippen molar-refractivity contribution in [3.8, 4) is 0 Å². The molecule has 2 rings (SSSR count). The van der Waals surface area contributed by atoms with Gasteiger partial charge < -0.3 is 9.67 Å². The molecule has 1 aliphatic rings. The molecule has 0 amide bonds. The van der Waals surface area contributed by atoms with E-state index in [4.69, 9.17) is 5.11 Å². The van der Waals surface area contributed by atoms with Crippen LogP contribution in [0.4, 0.5) is 0 Å². The average Bonchev–Trinajstić information content (AvgIpc) is 2.86. The van der Waals surface area contributed by atoms with Crippen LogP contribution >= 0.6 is 0 Å². The molecule has 0 radical (unpaired) electrons. The summed E-state index contributed by atoms with van der Waals surface area (Å²) in [5.41, 5.74) is 0.00814. The zero-order chi connectivity index (χ0) is 15.8. The van der Waals surface area contributed by atoms with Gasteiger partial charge in [0.05, 0.1) is 0 Å². The van der Waals surface area contributed by atoms with Crippen LogP contribution in [0.25, 0.3) is 0 Å². The smallest absolute Gasteiger partial charge is 0.352 e. The van der Waals surface area contributed by atoms with E-state index >= 15 is 0 Å². The van der Waals surface area contributed by atoms with E-state index in [0.717, 1.165) is 12.8 Å². The van der Waals surface area contributed by atoms with Gasteiger partial charge in [0.25, 0.3) is 0 Å². The van der Waals surface area contributed by atoms with Crippen molar-refractivity contribution in [3.63, 3.8) is 0 Å². The standard InChI is InChI=1S/C14H22N2O4S/c1-4-15-9-12(7-13(15)14(17)18)21(19,20)16-8-10(2)5-6-11(16)3/h7,9-11H,4-6,8H2,1-3H3,(H,17,18). The first-order valence-corrected chi connectivity index (χ1v) is 8.66. The van der Waals surface area contributed by atoms with Gasteiger partial charge in [0.15, 0.2) is 0 Å². The molecule has 0 bridgehead atoms. The lowest BCUT2D eigenvalue weighted by molar-refractivity contribution is 0.0685. The minimum absolute atomic E-state index is 0.00814. The number of rotatable bonds is 4. The molecule has 118 valence electrons. The second kappa shape index (κ2) is 5.81. The largest absolute Gasteiger partial charge is 0.477 e. The van der Waals surface area contributed by atoms with Crippen molar-refractivity contribution < 1.29 is 18.3 Å². The molecule has 2 heterocycles. The van der Waals surface area contributed by atoms with Gasteiger partial charge in [0.2, 0.25) is 10.0 Å². The van der Waals surface area contributed by atoms with Gasteiger partial charge in [-0.1, -0.05) is 6.92 Å². The Morgan fingerprint density at radius 1 is 1.38 bits per heavy atom. The Balaban J connectivity index is 2.41. The first kappa shape index (κ1) is 16.0. The highest BCUT2D eigenvalue weighted by atomic mass is 32.2. The lowest BCUT2D eigenvalue weighted by atomic mass is 9.97. The Hall–Kier alpha value is -1.34. The summed E-state index contributed by atoms with van der Waals surface area (Å²) >= 11 is 0. The molecule has 2 unspecified atom stereocenters. The second-order valence-corrected chi connectivity index (χ2v) is 7.65. The fraction of sp³-hybridized carbons (Fsp3) is 0.643. The van der Waals surface area contributed by atoms with E-state index < -0.39 is 16.0 Å². The lowest BCUT2D eigenvalue weighted by Gasteiger charge is -2.35. The Morgan fingerprint density at radius 2 is 2.05 bits per heavy atom. The quantitative estimate of drug-likeness (QED) is 0.922. The van der Waals surface area contributed by atoms with Gasteiger partial charge in [0.1, 0.15) is 10.6 Å². The molecule has 2 atom stereocenters. The van der Waals surface area contributed by atoms with E-state index in [0.29, 0.717) is 19.0 Å². The summed E-state index contributed by atoms with van der Waals surface area (Å²) in [4.78, 5) is 11.3. The van der Waals surface area contributed by atoms with Crippen LogP contribution < -0.4 is 0 Å². The summed E-state index contributed by atoms with van der Waals surface area (Å²) in [6.07, 6.45) is 3.27.